The SMILES string of the molecule is CCOC(=O)C(C(=O)OCC)C1NC(=O)Nc2n[nH]nc21. The Balaban J connectivity index is 2.35. The average molecular weight is 297 g/mol. The van der Waals surface area contributed by atoms with Gasteiger partial charge in [0.1, 0.15) is 11.7 Å². The number of hydrogen-bond donors (Lipinski definition) is 3. The summed E-state index contributed by atoms with van der Waals surface area (Å²) in [4.78, 5) is 35.7. The number of fused-ring (bicyclic) bond motifs is 1. The third-order valence-electron chi connectivity index (χ3n) is 2.80. The summed E-state index contributed by atoms with van der Waals surface area (Å²) in [5.41, 5.74) is 0.237. The number of hydrogen-bond acceptors (Lipinski definition) is 7. The first-order valence-electron chi connectivity index (χ1n) is 6.39. The van der Waals surface area contributed by atoms with Crippen molar-refractivity contribution in [3.63, 3.8) is 0 Å². The number of amides is 2. The summed E-state index contributed by atoms with van der Waals surface area (Å²) in [6.45, 7) is 3.42. The summed E-state index contributed by atoms with van der Waals surface area (Å²) in [6, 6.07) is -1.61. The second kappa shape index (κ2) is 6.20. The zero-order chi connectivity index (χ0) is 15.4. The van der Waals surface area contributed by atoms with Crippen molar-refractivity contribution in [2.75, 3.05) is 18.5 Å². The molecule has 0 radical (unpaired) electrons. The molecule has 1 unspecified atom stereocenters. The van der Waals surface area contributed by atoms with Crippen LogP contribution < -0.4 is 10.6 Å². The van der Waals surface area contributed by atoms with Gasteiger partial charge in [0.05, 0.1) is 13.2 Å². The quantitative estimate of drug-likeness (QED) is 0.502. The molecule has 0 saturated carbocycles. The summed E-state index contributed by atoms with van der Waals surface area (Å²) in [5, 5.41) is 14.8. The zero-order valence-electron chi connectivity index (χ0n) is 11.5. The number of ether oxygens (including phenoxy) is 2. The van der Waals surface area contributed by atoms with E-state index in [4.69, 9.17) is 9.47 Å². The van der Waals surface area contributed by atoms with E-state index in [1.54, 1.807) is 13.8 Å². The summed E-state index contributed by atoms with van der Waals surface area (Å²) in [6.07, 6.45) is 0. The van der Waals surface area contributed by atoms with Crippen molar-refractivity contribution in [3.8, 4) is 0 Å². The smallest absolute Gasteiger partial charge is 0.322 e. The number of esters is 2. The Morgan fingerprint density at radius 2 is 1.81 bits per heavy atom. The molecule has 1 atom stereocenters. The largest absolute Gasteiger partial charge is 0.465 e. The third-order valence-corrected chi connectivity index (χ3v) is 2.80. The van der Waals surface area contributed by atoms with Gasteiger partial charge in [-0.2, -0.15) is 10.3 Å². The summed E-state index contributed by atoms with van der Waals surface area (Å²) >= 11 is 0. The van der Waals surface area contributed by atoms with Gasteiger partial charge in [0.15, 0.2) is 11.7 Å². The molecule has 10 nitrogen and oxygen atoms in total. The first-order valence-corrected chi connectivity index (χ1v) is 6.39. The molecule has 0 aromatic carbocycles. The van der Waals surface area contributed by atoms with Crippen molar-refractivity contribution in [2.45, 2.75) is 19.9 Å². The molecule has 0 spiro atoms. The Kier molecular flexibility index (Phi) is 4.36. The van der Waals surface area contributed by atoms with Crippen LogP contribution in [0.5, 0.6) is 0 Å². The number of carbonyl (C=O) groups excluding carboxylic acids is 3. The molecular weight excluding hydrogens is 282 g/mol. The number of carbonyl (C=O) groups is 3. The predicted molar refractivity (Wildman–Crippen MR) is 68.0 cm³/mol. The van der Waals surface area contributed by atoms with Crippen molar-refractivity contribution in [3.05, 3.63) is 5.69 Å². The van der Waals surface area contributed by atoms with Gasteiger partial charge < -0.3 is 14.8 Å². The molecule has 21 heavy (non-hydrogen) atoms. The van der Waals surface area contributed by atoms with Crippen LogP contribution >= 0.6 is 0 Å². The fraction of sp³-hybridized carbons (Fsp3) is 0.545. The molecule has 2 heterocycles. The Hall–Kier alpha value is -2.65. The summed E-state index contributed by atoms with van der Waals surface area (Å²) in [5.74, 6) is -2.78. The molecular formula is C11H15N5O5. The number of urea groups is 1. The molecule has 3 N–H and O–H groups in total. The standard InChI is InChI=1S/C11H15N5O5/c1-3-20-9(17)5(10(18)21-4-2)6-7-8(15-16-14-7)13-11(19)12-6/h5-6H,3-4H2,1-2H3,(H3,12,13,14,15,16,19). The van der Waals surface area contributed by atoms with Crippen molar-refractivity contribution in [2.24, 2.45) is 5.92 Å². The monoisotopic (exact) mass is 297 g/mol. The van der Waals surface area contributed by atoms with Crippen LogP contribution in [-0.4, -0.2) is 46.6 Å². The second-order valence-electron chi connectivity index (χ2n) is 4.12. The summed E-state index contributed by atoms with van der Waals surface area (Å²) < 4.78 is 9.76. The molecule has 0 fully saturated rings. The van der Waals surface area contributed by atoms with Gasteiger partial charge in [0.2, 0.25) is 0 Å². The lowest BCUT2D eigenvalue weighted by Gasteiger charge is -2.27. The van der Waals surface area contributed by atoms with Crippen LogP contribution in [0.3, 0.4) is 0 Å². The van der Waals surface area contributed by atoms with Gasteiger partial charge >= 0.3 is 18.0 Å². The van der Waals surface area contributed by atoms with Crippen LogP contribution in [0.25, 0.3) is 0 Å². The fourth-order valence-electron chi connectivity index (χ4n) is 1.97. The van der Waals surface area contributed by atoms with Crippen LogP contribution in [0.2, 0.25) is 0 Å². The van der Waals surface area contributed by atoms with E-state index in [0.717, 1.165) is 0 Å². The van der Waals surface area contributed by atoms with Gasteiger partial charge in [-0.05, 0) is 13.8 Å². The highest BCUT2D eigenvalue weighted by Crippen LogP contribution is 2.30. The van der Waals surface area contributed by atoms with Crippen molar-refractivity contribution in [1.29, 1.82) is 0 Å². The minimum Gasteiger partial charge on any atom is -0.465 e. The number of aromatic nitrogens is 3. The van der Waals surface area contributed by atoms with Gasteiger partial charge in [0, 0.05) is 0 Å². The van der Waals surface area contributed by atoms with Crippen LogP contribution in [0.4, 0.5) is 10.6 Å². The van der Waals surface area contributed by atoms with Crippen LogP contribution in [-0.2, 0) is 19.1 Å². The molecule has 2 amide bonds. The molecule has 1 aliphatic rings. The minimum absolute atomic E-state index is 0.0966. The molecule has 1 aliphatic heterocycles. The molecule has 0 bridgehead atoms. The molecule has 1 aromatic heterocycles. The minimum atomic E-state index is -1.35. The number of anilines is 1. The highest BCUT2D eigenvalue weighted by atomic mass is 16.6. The maximum Gasteiger partial charge on any atom is 0.322 e. The van der Waals surface area contributed by atoms with E-state index < -0.39 is 29.9 Å². The summed E-state index contributed by atoms with van der Waals surface area (Å²) in [7, 11) is 0. The van der Waals surface area contributed by atoms with Gasteiger partial charge in [-0.3, -0.25) is 14.9 Å². The topological polar surface area (TPSA) is 135 Å². The van der Waals surface area contributed by atoms with Crippen LogP contribution in [0.15, 0.2) is 0 Å². The van der Waals surface area contributed by atoms with E-state index in [1.807, 2.05) is 0 Å². The molecule has 0 saturated heterocycles. The van der Waals surface area contributed by atoms with E-state index in [1.165, 1.54) is 0 Å². The zero-order valence-corrected chi connectivity index (χ0v) is 11.5. The van der Waals surface area contributed by atoms with Crippen molar-refractivity contribution < 1.29 is 23.9 Å². The first kappa shape index (κ1) is 14.8. The molecule has 10 heteroatoms. The van der Waals surface area contributed by atoms with E-state index >= 15 is 0 Å². The lowest BCUT2D eigenvalue weighted by molar-refractivity contribution is -0.163. The van der Waals surface area contributed by atoms with Gasteiger partial charge in [-0.1, -0.05) is 0 Å². The van der Waals surface area contributed by atoms with E-state index in [2.05, 4.69) is 26.0 Å². The Morgan fingerprint density at radius 3 is 2.38 bits per heavy atom. The molecule has 114 valence electrons. The highest BCUT2D eigenvalue weighted by Gasteiger charge is 2.44. The maximum absolute atomic E-state index is 12.0. The second-order valence-corrected chi connectivity index (χ2v) is 4.12. The first-order chi connectivity index (χ1) is 10.1. The Labute approximate surface area is 119 Å². The molecule has 0 aliphatic carbocycles. The number of aromatic amines is 1. The Morgan fingerprint density at radius 1 is 1.19 bits per heavy atom. The lowest BCUT2D eigenvalue weighted by Crippen LogP contribution is -2.46. The van der Waals surface area contributed by atoms with E-state index in [0.29, 0.717) is 0 Å². The fourth-order valence-corrected chi connectivity index (χ4v) is 1.97. The number of nitrogens with zero attached hydrogens (tertiary/aromatic N) is 2. The normalized spacial score (nSPS) is 16.7. The van der Waals surface area contributed by atoms with Crippen LogP contribution in [0, 0.1) is 5.92 Å². The Bertz CT molecular complexity index is 539. The lowest BCUT2D eigenvalue weighted by atomic mass is 9.95. The maximum atomic E-state index is 12.0. The van der Waals surface area contributed by atoms with Crippen LogP contribution in [0.1, 0.15) is 25.6 Å². The van der Waals surface area contributed by atoms with E-state index in [9.17, 15) is 14.4 Å². The predicted octanol–water partition coefficient (Wildman–Crippen LogP) is -0.277. The van der Waals surface area contributed by atoms with Gasteiger partial charge in [0.25, 0.3) is 0 Å². The highest BCUT2D eigenvalue weighted by molar-refractivity contribution is 5.99. The van der Waals surface area contributed by atoms with Gasteiger partial charge in [-0.15, -0.1) is 5.10 Å². The van der Waals surface area contributed by atoms with E-state index in [-0.39, 0.29) is 24.7 Å². The number of nitrogens with one attached hydrogen (secondary N) is 3. The number of rotatable bonds is 5. The average Bonchev–Trinajstić information content (AvgIpc) is 2.87. The molecule has 1 aromatic rings. The van der Waals surface area contributed by atoms with Crippen molar-refractivity contribution >= 4 is 23.8 Å². The van der Waals surface area contributed by atoms with Gasteiger partial charge in [-0.25, -0.2) is 4.79 Å². The third kappa shape index (κ3) is 2.93. The molecule has 2 rings (SSSR count). The van der Waals surface area contributed by atoms with Crippen molar-refractivity contribution in [1.82, 2.24) is 20.7 Å². The number of H-pyrrole nitrogens is 1.